The van der Waals surface area contributed by atoms with Crippen molar-refractivity contribution in [3.05, 3.63) is 69.6 Å². The van der Waals surface area contributed by atoms with E-state index in [0.717, 1.165) is 5.56 Å². The fourth-order valence-corrected chi connectivity index (χ4v) is 4.46. The van der Waals surface area contributed by atoms with Gasteiger partial charge in [-0.2, -0.15) is 4.98 Å². The van der Waals surface area contributed by atoms with Crippen LogP contribution in [-0.2, 0) is 17.8 Å². The third kappa shape index (κ3) is 6.70. The Labute approximate surface area is 236 Å². The summed E-state index contributed by atoms with van der Waals surface area (Å²) in [6.07, 6.45) is 2.15. The molecule has 2 aromatic carbocycles. The molecule has 4 aromatic rings. The summed E-state index contributed by atoms with van der Waals surface area (Å²) in [7, 11) is 3.02. The number of methoxy groups -OCH3 is 2. The molecule has 0 saturated heterocycles. The van der Waals surface area contributed by atoms with Crippen molar-refractivity contribution in [3.8, 4) is 22.6 Å². The summed E-state index contributed by atoms with van der Waals surface area (Å²) in [5.74, 6) is 1.01. The van der Waals surface area contributed by atoms with Crippen LogP contribution < -0.4 is 25.7 Å². The number of halogens is 1. The highest BCUT2D eigenvalue weighted by atomic mass is 35.5. The number of aromatic nitrogens is 3. The molecule has 0 radical (unpaired) electrons. The Kier molecular flexibility index (Phi) is 8.61. The van der Waals surface area contributed by atoms with Gasteiger partial charge in [0.15, 0.2) is 0 Å². The zero-order chi connectivity index (χ0) is 29.0. The van der Waals surface area contributed by atoms with E-state index < -0.39 is 5.60 Å². The molecule has 0 bridgehead atoms. The molecule has 0 saturated carbocycles. The number of anilines is 2. The maximum absolute atomic E-state index is 14.0. The van der Waals surface area contributed by atoms with Gasteiger partial charge >= 0.3 is 0 Å². The van der Waals surface area contributed by atoms with Gasteiger partial charge < -0.3 is 25.2 Å². The van der Waals surface area contributed by atoms with Crippen LogP contribution in [0.1, 0.15) is 26.3 Å². The Bertz CT molecular complexity index is 1600. The maximum atomic E-state index is 14.0. The lowest BCUT2D eigenvalue weighted by Crippen LogP contribution is -2.30. The van der Waals surface area contributed by atoms with Gasteiger partial charge in [0.2, 0.25) is 11.9 Å². The van der Waals surface area contributed by atoms with Crippen molar-refractivity contribution in [2.75, 3.05) is 31.4 Å². The number of aryl methyl sites for hydroxylation is 2. The molecule has 40 heavy (non-hydrogen) atoms. The Balaban J connectivity index is 1.82. The lowest BCUT2D eigenvalue weighted by Gasteiger charge is -2.18. The standard InChI is InChI=1S/C29H32ClN5O5/c1-17(36)33-20-8-6-18(7-9-20)10-11-35-26-19(15-31-28(34-26)32-16-29(2,3)38)12-23(27(35)37)22-13-21(39-4)14-24(40-5)25(22)30/h6-9,12-15,38H,10-11,16H2,1-5H3,(H,33,36)(H,31,32,34). The zero-order valence-corrected chi connectivity index (χ0v) is 23.8. The summed E-state index contributed by atoms with van der Waals surface area (Å²) in [4.78, 5) is 34.4. The molecule has 3 N–H and O–H groups in total. The van der Waals surface area contributed by atoms with Gasteiger partial charge in [0.25, 0.3) is 5.56 Å². The molecule has 2 aromatic heterocycles. The summed E-state index contributed by atoms with van der Waals surface area (Å²) < 4.78 is 12.4. The predicted octanol–water partition coefficient (Wildman–Crippen LogP) is 4.51. The number of hydrogen-bond donors (Lipinski definition) is 3. The molecule has 0 unspecified atom stereocenters. The number of benzene rings is 2. The van der Waals surface area contributed by atoms with Gasteiger partial charge in [-0.25, -0.2) is 4.98 Å². The van der Waals surface area contributed by atoms with Crippen LogP contribution in [0, 0.1) is 0 Å². The molecule has 2 heterocycles. The number of amides is 1. The number of aliphatic hydroxyl groups is 1. The van der Waals surface area contributed by atoms with Gasteiger partial charge in [-0.15, -0.1) is 0 Å². The Hall–Kier alpha value is -4.15. The van der Waals surface area contributed by atoms with Gasteiger partial charge in [0.05, 0.1) is 24.8 Å². The third-order valence-corrected chi connectivity index (χ3v) is 6.55. The second-order valence-corrected chi connectivity index (χ2v) is 10.4. The molecule has 0 aliphatic rings. The monoisotopic (exact) mass is 565 g/mol. The summed E-state index contributed by atoms with van der Waals surface area (Å²) in [6.45, 7) is 5.33. The van der Waals surface area contributed by atoms with E-state index in [1.165, 1.54) is 21.1 Å². The van der Waals surface area contributed by atoms with Crippen LogP contribution in [0.2, 0.25) is 5.02 Å². The number of fused-ring (bicyclic) bond motifs is 1. The molecule has 0 spiro atoms. The normalized spacial score (nSPS) is 11.4. The molecule has 11 heteroatoms. The maximum Gasteiger partial charge on any atom is 0.260 e. The molecule has 0 atom stereocenters. The molecule has 210 valence electrons. The summed E-state index contributed by atoms with van der Waals surface area (Å²) in [6, 6.07) is 12.5. The second kappa shape index (κ2) is 11.9. The number of pyridine rings is 1. The van der Waals surface area contributed by atoms with Gasteiger partial charge in [0, 0.05) is 54.5 Å². The van der Waals surface area contributed by atoms with Crippen LogP contribution in [0.25, 0.3) is 22.2 Å². The highest BCUT2D eigenvalue weighted by Crippen LogP contribution is 2.38. The molecule has 4 rings (SSSR count). The fourth-order valence-electron chi connectivity index (χ4n) is 4.17. The van der Waals surface area contributed by atoms with Crippen LogP contribution in [-0.4, -0.2) is 51.9 Å². The number of nitrogens with one attached hydrogen (secondary N) is 2. The van der Waals surface area contributed by atoms with E-state index in [0.29, 0.717) is 52.3 Å². The largest absolute Gasteiger partial charge is 0.497 e. The summed E-state index contributed by atoms with van der Waals surface area (Å²) >= 11 is 6.66. The van der Waals surface area contributed by atoms with Crippen LogP contribution >= 0.6 is 11.6 Å². The van der Waals surface area contributed by atoms with Crippen LogP contribution in [0.15, 0.2) is 53.5 Å². The molecule has 0 aliphatic carbocycles. The first-order valence-electron chi connectivity index (χ1n) is 12.6. The number of rotatable bonds is 10. The Morgan fingerprint density at radius 3 is 2.45 bits per heavy atom. The van der Waals surface area contributed by atoms with E-state index >= 15 is 0 Å². The van der Waals surface area contributed by atoms with Crippen molar-refractivity contribution in [3.63, 3.8) is 0 Å². The first kappa shape index (κ1) is 28.8. The van der Waals surface area contributed by atoms with Crippen molar-refractivity contribution in [1.29, 1.82) is 0 Å². The van der Waals surface area contributed by atoms with Crippen LogP contribution in [0.3, 0.4) is 0 Å². The van der Waals surface area contributed by atoms with Crippen molar-refractivity contribution < 1.29 is 19.4 Å². The van der Waals surface area contributed by atoms with Crippen molar-refractivity contribution >= 4 is 40.2 Å². The minimum Gasteiger partial charge on any atom is -0.497 e. The van der Waals surface area contributed by atoms with Gasteiger partial charge in [-0.3, -0.25) is 14.2 Å². The second-order valence-electron chi connectivity index (χ2n) is 9.97. The van der Waals surface area contributed by atoms with E-state index in [1.807, 2.05) is 24.3 Å². The molecule has 1 amide bonds. The van der Waals surface area contributed by atoms with Crippen molar-refractivity contribution in [1.82, 2.24) is 14.5 Å². The highest BCUT2D eigenvalue weighted by molar-refractivity contribution is 6.35. The van der Waals surface area contributed by atoms with Gasteiger partial charge in [-0.05, 0) is 50.1 Å². The van der Waals surface area contributed by atoms with Crippen LogP contribution in [0.5, 0.6) is 11.5 Å². The SMILES string of the molecule is COc1cc(OC)c(Cl)c(-c2cc3cnc(NCC(C)(C)O)nc3n(CCc3ccc(NC(C)=O)cc3)c2=O)c1. The van der Waals surface area contributed by atoms with E-state index in [-0.39, 0.29) is 29.0 Å². The fraction of sp³-hybridized carbons (Fsp3) is 0.310. The number of hydrogen-bond acceptors (Lipinski definition) is 8. The predicted molar refractivity (Wildman–Crippen MR) is 157 cm³/mol. The smallest absolute Gasteiger partial charge is 0.260 e. The van der Waals surface area contributed by atoms with Crippen molar-refractivity contribution in [2.24, 2.45) is 0 Å². The quantitative estimate of drug-likeness (QED) is 0.256. The van der Waals surface area contributed by atoms with Crippen molar-refractivity contribution in [2.45, 2.75) is 39.3 Å². The average molecular weight is 566 g/mol. The van der Waals surface area contributed by atoms with E-state index in [9.17, 15) is 14.7 Å². The molecule has 0 fully saturated rings. The van der Waals surface area contributed by atoms with Crippen LogP contribution in [0.4, 0.5) is 11.6 Å². The highest BCUT2D eigenvalue weighted by Gasteiger charge is 2.20. The first-order valence-corrected chi connectivity index (χ1v) is 13.0. The minimum atomic E-state index is -0.979. The van der Waals surface area contributed by atoms with E-state index in [4.69, 9.17) is 21.1 Å². The van der Waals surface area contributed by atoms with E-state index in [1.54, 1.807) is 42.8 Å². The lowest BCUT2D eigenvalue weighted by molar-refractivity contribution is -0.114. The number of nitrogens with zero attached hydrogens (tertiary/aromatic N) is 3. The zero-order valence-electron chi connectivity index (χ0n) is 23.0. The number of carbonyl (C=O) groups excluding carboxylic acids is 1. The van der Waals surface area contributed by atoms with Gasteiger partial charge in [-0.1, -0.05) is 23.7 Å². The number of carbonyl (C=O) groups is 1. The average Bonchev–Trinajstić information content (AvgIpc) is 2.91. The lowest BCUT2D eigenvalue weighted by atomic mass is 10.0. The van der Waals surface area contributed by atoms with Gasteiger partial charge in [0.1, 0.15) is 17.1 Å². The molecule has 10 nitrogen and oxygen atoms in total. The summed E-state index contributed by atoms with van der Waals surface area (Å²) in [5, 5.41) is 16.8. The minimum absolute atomic E-state index is 0.149. The Morgan fingerprint density at radius 1 is 1.10 bits per heavy atom. The molecule has 0 aliphatic heterocycles. The topological polar surface area (TPSA) is 128 Å². The first-order chi connectivity index (χ1) is 19.0. The number of ether oxygens (including phenoxy) is 2. The Morgan fingerprint density at radius 2 is 1.82 bits per heavy atom. The third-order valence-electron chi connectivity index (χ3n) is 6.16. The summed E-state index contributed by atoms with van der Waals surface area (Å²) in [5.41, 5.74) is 1.62. The molecular formula is C29H32ClN5O5. The molecular weight excluding hydrogens is 534 g/mol. The van der Waals surface area contributed by atoms with E-state index in [2.05, 4.69) is 20.6 Å².